The van der Waals surface area contributed by atoms with Gasteiger partial charge in [-0.15, -0.1) is 0 Å². The maximum Gasteiger partial charge on any atom is 0.166 e. The molecule has 2 nitrogen and oxygen atoms in total. The molecule has 1 atom stereocenters. The van der Waals surface area contributed by atoms with Crippen LogP contribution in [0.15, 0.2) is 124 Å². The Kier molecular flexibility index (Phi) is 5.87. The molecule has 0 fully saturated rings. The average molecular weight is 400 g/mol. The zero-order valence-electron chi connectivity index (χ0n) is 16.2. The van der Waals surface area contributed by atoms with Crippen molar-refractivity contribution in [1.29, 1.82) is 0 Å². The fraction of sp³-hybridized carbons (Fsp3) is 0.0769. The summed E-state index contributed by atoms with van der Waals surface area (Å²) >= 11 is 0. The lowest BCUT2D eigenvalue weighted by molar-refractivity contribution is 0.226. The van der Waals surface area contributed by atoms with Crippen molar-refractivity contribution in [2.45, 2.75) is 27.7 Å². The summed E-state index contributed by atoms with van der Waals surface area (Å²) in [7, 11) is -0.158. The van der Waals surface area contributed by atoms with E-state index in [1.807, 2.05) is 31.2 Å². The molecule has 0 heterocycles. The number of aromatic hydroxyl groups is 1. The summed E-state index contributed by atoms with van der Waals surface area (Å²) in [4.78, 5) is 3.85. The van der Waals surface area contributed by atoms with E-state index in [0.717, 1.165) is 11.3 Å². The summed E-state index contributed by atoms with van der Waals surface area (Å²) in [6.07, 6.45) is -0.0945. The number of benzene rings is 4. The Balaban J connectivity index is 1.58. The van der Waals surface area contributed by atoms with Gasteiger partial charge >= 0.3 is 0 Å². The van der Waals surface area contributed by atoms with Gasteiger partial charge in [0.25, 0.3) is 0 Å². The zero-order chi connectivity index (χ0) is 20.1. The average Bonchev–Trinajstić information content (AvgIpc) is 2.77. The van der Waals surface area contributed by atoms with Crippen molar-refractivity contribution in [2.75, 3.05) is 0 Å². The number of hydrogen-bond acceptors (Lipinski definition) is 2. The molecule has 0 aliphatic carbocycles. The third-order valence-corrected chi connectivity index (χ3v) is 6.92. The highest BCUT2D eigenvalue weighted by Gasteiger charge is 2.28. The summed E-state index contributed by atoms with van der Waals surface area (Å²) in [6, 6.07) is 36.8. The minimum Gasteiger partial charge on any atom is -0.508 e. The first-order valence-corrected chi connectivity index (χ1v) is 10.8. The van der Waals surface area contributed by atoms with Crippen LogP contribution in [0.1, 0.15) is 18.6 Å². The highest BCUT2D eigenvalue weighted by molar-refractivity contribution is 7.97. The van der Waals surface area contributed by atoms with Crippen LogP contribution in [0.4, 0.5) is 0 Å². The van der Waals surface area contributed by atoms with Crippen molar-refractivity contribution in [3.63, 3.8) is 0 Å². The van der Waals surface area contributed by atoms with Gasteiger partial charge in [-0.3, -0.25) is 0 Å². The van der Waals surface area contributed by atoms with Gasteiger partial charge in [0.2, 0.25) is 0 Å². The predicted molar refractivity (Wildman–Crippen MR) is 119 cm³/mol. The van der Waals surface area contributed by atoms with Crippen LogP contribution in [0.25, 0.3) is 0 Å². The van der Waals surface area contributed by atoms with E-state index in [1.54, 1.807) is 12.1 Å². The molecule has 3 heteroatoms. The van der Waals surface area contributed by atoms with E-state index >= 15 is 0 Å². The Labute approximate surface area is 174 Å². The summed E-state index contributed by atoms with van der Waals surface area (Å²) in [6.45, 7) is 2.01. The molecule has 0 aliphatic rings. The summed E-state index contributed by atoms with van der Waals surface area (Å²) in [5.74, 6) is 1.10. The number of phenols is 1. The molecular formula is C26H23O2S+. The minimum atomic E-state index is -0.158. The summed E-state index contributed by atoms with van der Waals surface area (Å²) < 4.78 is 6.11. The van der Waals surface area contributed by atoms with Crippen LogP contribution < -0.4 is 4.74 Å². The standard InChI is InChI=1S/C26H22O2S/c1-20(21-12-14-22(27)15-13-21)28-23-16-18-26(19-17-23)29(24-8-4-2-5-9-24)25-10-6-3-7-11-25/h2-20H,1H3/p+1. The number of ether oxygens (including phenoxy) is 1. The second kappa shape index (κ2) is 8.89. The van der Waals surface area contributed by atoms with Crippen LogP contribution in [0.5, 0.6) is 11.5 Å². The van der Waals surface area contributed by atoms with Crippen molar-refractivity contribution >= 4 is 10.9 Å². The fourth-order valence-electron chi connectivity index (χ4n) is 3.19. The monoisotopic (exact) mass is 399 g/mol. The highest BCUT2D eigenvalue weighted by Crippen LogP contribution is 2.32. The lowest BCUT2D eigenvalue weighted by Crippen LogP contribution is -2.05. The van der Waals surface area contributed by atoms with Gasteiger partial charge in [0.1, 0.15) is 17.6 Å². The molecule has 0 aromatic heterocycles. The van der Waals surface area contributed by atoms with Gasteiger partial charge in [0.05, 0.1) is 10.9 Å². The molecule has 0 bridgehead atoms. The van der Waals surface area contributed by atoms with Crippen molar-refractivity contribution in [3.8, 4) is 11.5 Å². The second-order valence-electron chi connectivity index (χ2n) is 6.76. The molecule has 0 amide bonds. The zero-order valence-corrected chi connectivity index (χ0v) is 17.0. The van der Waals surface area contributed by atoms with E-state index in [9.17, 15) is 5.11 Å². The van der Waals surface area contributed by atoms with E-state index in [1.165, 1.54) is 14.7 Å². The minimum absolute atomic E-state index is 0.0945. The maximum absolute atomic E-state index is 9.46. The van der Waals surface area contributed by atoms with Crippen LogP contribution in [0.3, 0.4) is 0 Å². The van der Waals surface area contributed by atoms with Crippen LogP contribution in [0.2, 0.25) is 0 Å². The number of hydrogen-bond donors (Lipinski definition) is 1. The molecule has 4 aromatic rings. The lowest BCUT2D eigenvalue weighted by Gasteiger charge is -2.15. The number of phenolic OH excluding ortho intramolecular Hbond substituents is 1. The van der Waals surface area contributed by atoms with Gasteiger partial charge in [-0.1, -0.05) is 48.5 Å². The highest BCUT2D eigenvalue weighted by atomic mass is 32.2. The van der Waals surface area contributed by atoms with E-state index in [0.29, 0.717) is 0 Å². The van der Waals surface area contributed by atoms with Gasteiger partial charge in [-0.2, -0.15) is 0 Å². The SMILES string of the molecule is CC(Oc1ccc([S+](c2ccccc2)c2ccccc2)cc1)c1ccc(O)cc1. The molecule has 29 heavy (non-hydrogen) atoms. The van der Waals surface area contributed by atoms with E-state index in [4.69, 9.17) is 4.74 Å². The Morgan fingerprint density at radius 1 is 0.621 bits per heavy atom. The van der Waals surface area contributed by atoms with E-state index < -0.39 is 0 Å². The first kappa shape index (κ1) is 19.2. The fourth-order valence-corrected chi connectivity index (χ4v) is 5.28. The third-order valence-electron chi connectivity index (χ3n) is 4.69. The van der Waals surface area contributed by atoms with Gasteiger partial charge < -0.3 is 9.84 Å². The van der Waals surface area contributed by atoms with Crippen molar-refractivity contribution < 1.29 is 9.84 Å². The topological polar surface area (TPSA) is 29.5 Å². The number of rotatable bonds is 6. The molecule has 0 spiro atoms. The Bertz CT molecular complexity index is 990. The maximum atomic E-state index is 9.46. The van der Waals surface area contributed by atoms with E-state index in [2.05, 4.69) is 72.8 Å². The molecule has 0 saturated carbocycles. The molecular weight excluding hydrogens is 376 g/mol. The lowest BCUT2D eigenvalue weighted by atomic mass is 10.1. The quantitative estimate of drug-likeness (QED) is 0.369. The molecule has 1 unspecified atom stereocenters. The Morgan fingerprint density at radius 3 is 1.62 bits per heavy atom. The molecule has 1 N–H and O–H groups in total. The Morgan fingerprint density at radius 2 is 1.10 bits per heavy atom. The van der Waals surface area contributed by atoms with Crippen molar-refractivity contribution in [3.05, 3.63) is 115 Å². The molecule has 0 aliphatic heterocycles. The predicted octanol–water partition coefficient (Wildman–Crippen LogP) is 6.63. The molecule has 4 aromatic carbocycles. The summed E-state index contributed by atoms with van der Waals surface area (Å²) in [5.41, 5.74) is 1.03. The molecule has 0 radical (unpaired) electrons. The van der Waals surface area contributed by atoms with Crippen LogP contribution >= 0.6 is 0 Å². The molecule has 144 valence electrons. The summed E-state index contributed by atoms with van der Waals surface area (Å²) in [5, 5.41) is 9.46. The first-order chi connectivity index (χ1) is 14.2. The molecule has 0 saturated heterocycles. The van der Waals surface area contributed by atoms with Gasteiger partial charge in [0, 0.05) is 0 Å². The van der Waals surface area contributed by atoms with Crippen molar-refractivity contribution in [2.24, 2.45) is 0 Å². The second-order valence-corrected chi connectivity index (χ2v) is 8.78. The van der Waals surface area contributed by atoms with Crippen LogP contribution in [0, 0.1) is 0 Å². The van der Waals surface area contributed by atoms with Crippen LogP contribution in [-0.2, 0) is 10.9 Å². The van der Waals surface area contributed by atoms with Gasteiger partial charge in [-0.05, 0) is 73.2 Å². The first-order valence-electron chi connectivity index (χ1n) is 9.61. The Hall–Kier alpha value is -3.17. The van der Waals surface area contributed by atoms with Gasteiger partial charge in [0.15, 0.2) is 14.7 Å². The third kappa shape index (κ3) is 4.64. The normalized spacial score (nSPS) is 11.9. The van der Waals surface area contributed by atoms with Crippen LogP contribution in [-0.4, -0.2) is 5.11 Å². The largest absolute Gasteiger partial charge is 0.508 e. The van der Waals surface area contributed by atoms with Gasteiger partial charge in [-0.25, -0.2) is 0 Å². The smallest absolute Gasteiger partial charge is 0.166 e. The van der Waals surface area contributed by atoms with E-state index in [-0.39, 0.29) is 22.7 Å². The molecule has 4 rings (SSSR count). The van der Waals surface area contributed by atoms with Crippen molar-refractivity contribution in [1.82, 2.24) is 0 Å².